The van der Waals surface area contributed by atoms with Crippen molar-refractivity contribution in [1.29, 1.82) is 0 Å². The van der Waals surface area contributed by atoms with Gasteiger partial charge in [0.15, 0.2) is 0 Å². The molecule has 0 radical (unpaired) electrons. The number of nitrogens with zero attached hydrogens (tertiary/aromatic N) is 3. The second-order valence-electron chi connectivity index (χ2n) is 4.04. The summed E-state index contributed by atoms with van der Waals surface area (Å²) in [6.45, 7) is 5.95. The van der Waals surface area contributed by atoms with Gasteiger partial charge in [0, 0.05) is 39.8 Å². The minimum absolute atomic E-state index is 0.649. The van der Waals surface area contributed by atoms with Gasteiger partial charge in [0.05, 0.1) is 15.9 Å². The second kappa shape index (κ2) is 7.10. The largest absolute Gasteiger partial charge is 0.329 e. The number of rotatable bonds is 7. The Kier molecular flexibility index (Phi) is 6.11. The summed E-state index contributed by atoms with van der Waals surface area (Å²) >= 11 is 3.62. The lowest BCUT2D eigenvalue weighted by molar-refractivity contribution is 0.273. The average molecular weight is 304 g/mol. The van der Waals surface area contributed by atoms with Gasteiger partial charge >= 0.3 is 0 Å². The Balaban J connectivity index is 2.80. The van der Waals surface area contributed by atoms with Crippen LogP contribution in [0.2, 0.25) is 0 Å². The maximum Gasteiger partial charge on any atom is 0.0767 e. The molecule has 0 saturated heterocycles. The number of hydrogen-bond donors (Lipinski definition) is 2. The van der Waals surface area contributed by atoms with E-state index in [-0.39, 0.29) is 0 Å². The van der Waals surface area contributed by atoms with Crippen LogP contribution in [-0.4, -0.2) is 40.9 Å². The average Bonchev–Trinajstić information content (AvgIpc) is 2.57. The molecular weight excluding hydrogens is 282 g/mol. The summed E-state index contributed by atoms with van der Waals surface area (Å²) in [4.78, 5) is 2.25. The highest BCUT2D eigenvalue weighted by Crippen LogP contribution is 2.22. The van der Waals surface area contributed by atoms with E-state index < -0.39 is 0 Å². The predicted octanol–water partition coefficient (Wildman–Crippen LogP) is 0.464. The molecule has 6 heteroatoms. The highest BCUT2D eigenvalue weighted by Gasteiger charge is 2.15. The Morgan fingerprint density at radius 2 is 1.88 bits per heavy atom. The molecule has 1 rings (SSSR count). The summed E-state index contributed by atoms with van der Waals surface area (Å²) in [5.41, 5.74) is 13.5. The fourth-order valence-electron chi connectivity index (χ4n) is 1.84. The normalized spacial score (nSPS) is 11.4. The van der Waals surface area contributed by atoms with Gasteiger partial charge in [-0.05, 0) is 22.4 Å². The van der Waals surface area contributed by atoms with Crippen molar-refractivity contribution in [1.82, 2.24) is 14.7 Å². The van der Waals surface area contributed by atoms with E-state index in [0.29, 0.717) is 13.1 Å². The third-order valence-corrected chi connectivity index (χ3v) is 3.68. The van der Waals surface area contributed by atoms with Gasteiger partial charge in [0.25, 0.3) is 0 Å². The smallest absolute Gasteiger partial charge is 0.0767 e. The zero-order valence-electron chi connectivity index (χ0n) is 10.6. The summed E-state index contributed by atoms with van der Waals surface area (Å²) in [5.74, 6) is 0. The van der Waals surface area contributed by atoms with Crippen molar-refractivity contribution in [3.63, 3.8) is 0 Å². The van der Waals surface area contributed by atoms with E-state index in [2.05, 4.69) is 32.9 Å². The van der Waals surface area contributed by atoms with E-state index in [1.54, 1.807) is 0 Å². The molecule has 1 aromatic rings. The molecule has 0 unspecified atom stereocenters. The molecule has 4 N–H and O–H groups in total. The van der Waals surface area contributed by atoms with Crippen LogP contribution in [-0.2, 0) is 20.0 Å². The van der Waals surface area contributed by atoms with E-state index in [9.17, 15) is 0 Å². The fraction of sp³-hybridized carbons (Fsp3) is 0.727. The Bertz CT molecular complexity index is 344. The first kappa shape index (κ1) is 14.6. The first-order chi connectivity index (χ1) is 8.13. The van der Waals surface area contributed by atoms with Crippen LogP contribution in [0.25, 0.3) is 0 Å². The van der Waals surface area contributed by atoms with Gasteiger partial charge in [0.1, 0.15) is 0 Å². The van der Waals surface area contributed by atoms with Crippen molar-refractivity contribution < 1.29 is 0 Å². The van der Waals surface area contributed by atoms with Crippen LogP contribution in [0.3, 0.4) is 0 Å². The summed E-state index contributed by atoms with van der Waals surface area (Å²) in [6.07, 6.45) is 0.933. The topological polar surface area (TPSA) is 73.1 Å². The summed E-state index contributed by atoms with van der Waals surface area (Å²) < 4.78 is 3.05. The van der Waals surface area contributed by atoms with E-state index >= 15 is 0 Å². The molecule has 0 aromatic carbocycles. The summed E-state index contributed by atoms with van der Waals surface area (Å²) in [7, 11) is 1.97. The van der Waals surface area contributed by atoms with Crippen LogP contribution in [0.1, 0.15) is 18.3 Å². The summed E-state index contributed by atoms with van der Waals surface area (Å²) in [5, 5.41) is 4.48. The van der Waals surface area contributed by atoms with Gasteiger partial charge in [-0.3, -0.25) is 9.58 Å². The number of hydrogen-bond acceptors (Lipinski definition) is 4. The van der Waals surface area contributed by atoms with Crippen LogP contribution in [0, 0.1) is 0 Å². The van der Waals surface area contributed by atoms with E-state index in [0.717, 1.165) is 36.2 Å². The first-order valence-corrected chi connectivity index (χ1v) is 6.76. The first-order valence-electron chi connectivity index (χ1n) is 5.96. The molecule has 1 aromatic heterocycles. The zero-order chi connectivity index (χ0) is 12.8. The Hall–Kier alpha value is -0.430. The minimum atomic E-state index is 0.649. The molecule has 0 aliphatic heterocycles. The molecule has 0 fully saturated rings. The zero-order valence-corrected chi connectivity index (χ0v) is 12.2. The van der Waals surface area contributed by atoms with Crippen molar-refractivity contribution in [2.45, 2.75) is 19.9 Å². The van der Waals surface area contributed by atoms with E-state index in [1.165, 1.54) is 5.69 Å². The van der Waals surface area contributed by atoms with Gasteiger partial charge < -0.3 is 11.5 Å². The third kappa shape index (κ3) is 3.77. The molecular formula is C11H22BrN5. The second-order valence-corrected chi connectivity index (χ2v) is 4.83. The van der Waals surface area contributed by atoms with Crippen LogP contribution in [0.5, 0.6) is 0 Å². The van der Waals surface area contributed by atoms with Crippen molar-refractivity contribution in [3.05, 3.63) is 15.9 Å². The molecule has 1 heterocycles. The Morgan fingerprint density at radius 3 is 2.29 bits per heavy atom. The number of aryl methyl sites for hydroxylation is 2. The maximum atomic E-state index is 5.60. The van der Waals surface area contributed by atoms with Gasteiger partial charge in [-0.25, -0.2) is 0 Å². The fourth-order valence-corrected chi connectivity index (χ4v) is 2.58. The molecule has 0 saturated carbocycles. The van der Waals surface area contributed by atoms with Crippen LogP contribution in [0.4, 0.5) is 0 Å². The standard InChI is InChI=1S/C11H22BrN5/c1-3-9-11(12)10(16(2)15-9)8-17(6-4-13)7-5-14/h3-8,13-14H2,1-2H3. The molecule has 0 spiro atoms. The van der Waals surface area contributed by atoms with Crippen LogP contribution < -0.4 is 11.5 Å². The molecule has 0 aliphatic carbocycles. The molecule has 0 aliphatic rings. The van der Waals surface area contributed by atoms with E-state index in [4.69, 9.17) is 11.5 Å². The number of nitrogens with two attached hydrogens (primary N) is 2. The minimum Gasteiger partial charge on any atom is -0.329 e. The highest BCUT2D eigenvalue weighted by atomic mass is 79.9. The van der Waals surface area contributed by atoms with Gasteiger partial charge in [-0.15, -0.1) is 0 Å². The van der Waals surface area contributed by atoms with E-state index in [1.807, 2.05) is 11.7 Å². The van der Waals surface area contributed by atoms with Gasteiger partial charge in [-0.2, -0.15) is 5.10 Å². The van der Waals surface area contributed by atoms with Crippen LogP contribution >= 0.6 is 15.9 Å². The molecule has 0 atom stereocenters. The van der Waals surface area contributed by atoms with Crippen molar-refractivity contribution in [2.75, 3.05) is 26.2 Å². The maximum absolute atomic E-state index is 5.60. The highest BCUT2D eigenvalue weighted by molar-refractivity contribution is 9.10. The molecule has 0 amide bonds. The number of aromatic nitrogens is 2. The lowest BCUT2D eigenvalue weighted by Gasteiger charge is -2.20. The lowest BCUT2D eigenvalue weighted by atomic mass is 10.3. The molecule has 5 nitrogen and oxygen atoms in total. The monoisotopic (exact) mass is 303 g/mol. The van der Waals surface area contributed by atoms with Gasteiger partial charge in [0.2, 0.25) is 0 Å². The van der Waals surface area contributed by atoms with Crippen LogP contribution in [0.15, 0.2) is 4.47 Å². The predicted molar refractivity (Wildman–Crippen MR) is 73.7 cm³/mol. The Labute approximate surface area is 111 Å². The van der Waals surface area contributed by atoms with Crippen molar-refractivity contribution in [2.24, 2.45) is 18.5 Å². The lowest BCUT2D eigenvalue weighted by Crippen LogP contribution is -2.34. The SMILES string of the molecule is CCc1nn(C)c(CN(CCN)CCN)c1Br. The summed E-state index contributed by atoms with van der Waals surface area (Å²) in [6, 6.07) is 0. The molecule has 17 heavy (non-hydrogen) atoms. The third-order valence-electron chi connectivity index (χ3n) is 2.77. The molecule has 98 valence electrons. The number of halogens is 1. The van der Waals surface area contributed by atoms with Gasteiger partial charge in [-0.1, -0.05) is 6.92 Å². The molecule has 0 bridgehead atoms. The van der Waals surface area contributed by atoms with Crippen molar-refractivity contribution >= 4 is 15.9 Å². The quantitative estimate of drug-likeness (QED) is 0.768. The Morgan fingerprint density at radius 1 is 1.29 bits per heavy atom. The van der Waals surface area contributed by atoms with Crippen molar-refractivity contribution in [3.8, 4) is 0 Å².